The Kier molecular flexibility index (Phi) is 7.06. The highest BCUT2D eigenvalue weighted by atomic mass is 19.1. The minimum Gasteiger partial charge on any atom is -0.481 e. The molecule has 6 nitrogen and oxygen atoms in total. The van der Waals surface area contributed by atoms with E-state index in [9.17, 15) is 19.4 Å². The zero-order chi connectivity index (χ0) is 32.2. The van der Waals surface area contributed by atoms with Crippen molar-refractivity contribution < 1.29 is 19.4 Å². The van der Waals surface area contributed by atoms with Crippen LogP contribution in [0.3, 0.4) is 0 Å². The maximum atomic E-state index is 13.5. The Morgan fingerprint density at radius 1 is 0.933 bits per heavy atom. The van der Waals surface area contributed by atoms with Crippen LogP contribution in [0.4, 0.5) is 4.39 Å². The molecule has 1 aromatic heterocycles. The smallest absolute Gasteiger partial charge is 0.309 e. The Morgan fingerprint density at radius 2 is 1.67 bits per heavy atom. The monoisotopic (exact) mass is 617 g/mol. The van der Waals surface area contributed by atoms with E-state index in [1.807, 2.05) is 10.9 Å². The van der Waals surface area contributed by atoms with Gasteiger partial charge in [-0.2, -0.15) is 0 Å². The number of aliphatic hydroxyl groups excluding tert-OH is 1. The van der Waals surface area contributed by atoms with Crippen molar-refractivity contribution in [2.45, 2.75) is 111 Å². The Hall–Kier alpha value is -2.54. The Labute approximate surface area is 267 Å². The third-order valence-corrected chi connectivity index (χ3v) is 15.4. The Balaban J connectivity index is 1.19. The number of allylic oxidation sites excluding steroid dienone is 1. The normalized spacial score (nSPS) is 43.4. The van der Waals surface area contributed by atoms with Gasteiger partial charge >= 0.3 is 5.97 Å². The molecular weight excluding hydrogens is 565 g/mol. The molecule has 45 heavy (non-hydrogen) atoms. The highest BCUT2D eigenvalue weighted by Crippen LogP contribution is 2.77. The number of hydrogen-bond donors (Lipinski definition) is 2. The van der Waals surface area contributed by atoms with Crippen LogP contribution < -0.4 is 0 Å². The van der Waals surface area contributed by atoms with Crippen molar-refractivity contribution in [2.24, 2.45) is 56.7 Å². The van der Waals surface area contributed by atoms with Gasteiger partial charge in [0.1, 0.15) is 11.5 Å². The van der Waals surface area contributed by atoms with E-state index in [4.69, 9.17) is 0 Å². The summed E-state index contributed by atoms with van der Waals surface area (Å²) in [6, 6.07) is 6.28. The van der Waals surface area contributed by atoms with Gasteiger partial charge in [0, 0.05) is 5.56 Å². The molecule has 0 saturated heterocycles. The van der Waals surface area contributed by atoms with Gasteiger partial charge in [0.15, 0.2) is 0 Å². The number of carboxylic acid groups (broad SMARTS) is 1. The summed E-state index contributed by atoms with van der Waals surface area (Å²) in [6.07, 6.45) is 11.4. The van der Waals surface area contributed by atoms with Crippen LogP contribution in [0, 0.1) is 62.5 Å². The first kappa shape index (κ1) is 31.1. The molecule has 0 unspecified atom stereocenters. The predicted octanol–water partition coefficient (Wildman–Crippen LogP) is 8.17. The van der Waals surface area contributed by atoms with Gasteiger partial charge in [-0.3, -0.25) is 4.79 Å². The predicted molar refractivity (Wildman–Crippen MR) is 172 cm³/mol. The van der Waals surface area contributed by atoms with Crippen LogP contribution in [0.2, 0.25) is 0 Å². The third kappa shape index (κ3) is 4.24. The second-order valence-electron chi connectivity index (χ2n) is 17.1. The maximum absolute atomic E-state index is 13.5. The SMILES string of the molecule is C=C(Cn1cc(-c2ccc(F)cc2)nn1)[C@@H]1CC[C@]2(C(=O)O)CC[C@]3(C)[C@H](CC[C@@H]4[C@@]5(C)CC[C@H](O)C(C)(C)[C@@H]5CC[C@]43C)[C@@H]12. The lowest BCUT2D eigenvalue weighted by molar-refractivity contribution is -0.248. The van der Waals surface area contributed by atoms with Crippen molar-refractivity contribution in [3.63, 3.8) is 0 Å². The van der Waals surface area contributed by atoms with Crippen LogP contribution in [-0.2, 0) is 11.3 Å². The second-order valence-corrected chi connectivity index (χ2v) is 17.1. The summed E-state index contributed by atoms with van der Waals surface area (Å²) in [5.74, 6) is 0.714. The number of carboxylic acids is 1. The Bertz CT molecular complexity index is 1500. The molecule has 5 saturated carbocycles. The van der Waals surface area contributed by atoms with E-state index in [2.05, 4.69) is 51.5 Å². The number of aliphatic hydroxyl groups is 1. The number of carbonyl (C=O) groups is 1. The highest BCUT2D eigenvalue weighted by Gasteiger charge is 2.72. The molecule has 0 amide bonds. The maximum Gasteiger partial charge on any atom is 0.309 e. The largest absolute Gasteiger partial charge is 0.481 e. The first-order chi connectivity index (χ1) is 21.2. The summed E-state index contributed by atoms with van der Waals surface area (Å²) in [5.41, 5.74) is 2.16. The van der Waals surface area contributed by atoms with E-state index < -0.39 is 11.4 Å². The lowest BCUT2D eigenvalue weighted by Gasteiger charge is -2.72. The molecule has 7 rings (SSSR count). The van der Waals surface area contributed by atoms with Crippen molar-refractivity contribution in [3.8, 4) is 11.3 Å². The number of rotatable bonds is 5. The van der Waals surface area contributed by atoms with E-state index in [1.165, 1.54) is 12.1 Å². The van der Waals surface area contributed by atoms with Crippen LogP contribution >= 0.6 is 0 Å². The summed E-state index contributed by atoms with van der Waals surface area (Å²) >= 11 is 0. The van der Waals surface area contributed by atoms with Crippen molar-refractivity contribution in [1.82, 2.24) is 15.0 Å². The molecule has 0 radical (unpaired) electrons. The number of aromatic nitrogens is 3. The molecule has 244 valence electrons. The van der Waals surface area contributed by atoms with Gasteiger partial charge in [0.25, 0.3) is 0 Å². The van der Waals surface area contributed by atoms with Gasteiger partial charge in [0.05, 0.1) is 24.3 Å². The fraction of sp³-hybridized carbons (Fsp3) is 0.711. The minimum absolute atomic E-state index is 0.0552. The molecule has 2 N–H and O–H groups in total. The average molecular weight is 618 g/mol. The van der Waals surface area contributed by atoms with Gasteiger partial charge in [-0.15, -0.1) is 5.10 Å². The molecule has 2 aromatic rings. The first-order valence-electron chi connectivity index (χ1n) is 17.4. The number of fused-ring (bicyclic) bond motifs is 7. The summed E-state index contributed by atoms with van der Waals surface area (Å²) in [5, 5.41) is 30.6. The van der Waals surface area contributed by atoms with Crippen molar-refractivity contribution in [1.29, 1.82) is 0 Å². The first-order valence-corrected chi connectivity index (χ1v) is 17.4. The summed E-state index contributed by atoms with van der Waals surface area (Å²) < 4.78 is 15.3. The molecule has 1 heterocycles. The molecule has 10 atom stereocenters. The molecule has 7 heteroatoms. The van der Waals surface area contributed by atoms with E-state index in [-0.39, 0.29) is 45.4 Å². The number of hydrogen-bond acceptors (Lipinski definition) is 4. The average Bonchev–Trinajstić information content (AvgIpc) is 3.62. The number of aliphatic carboxylic acids is 1. The van der Waals surface area contributed by atoms with Gasteiger partial charge < -0.3 is 10.2 Å². The number of nitrogens with zero attached hydrogens (tertiary/aromatic N) is 3. The van der Waals surface area contributed by atoms with Crippen LogP contribution in [0.15, 0.2) is 42.6 Å². The fourth-order valence-corrected chi connectivity index (χ4v) is 12.9. The fourth-order valence-electron chi connectivity index (χ4n) is 12.9. The molecule has 5 aliphatic carbocycles. The molecule has 0 spiro atoms. The van der Waals surface area contributed by atoms with Crippen molar-refractivity contribution >= 4 is 5.97 Å². The zero-order valence-electron chi connectivity index (χ0n) is 27.9. The van der Waals surface area contributed by atoms with Gasteiger partial charge in [-0.05, 0) is 140 Å². The van der Waals surface area contributed by atoms with Crippen molar-refractivity contribution in [3.05, 3.63) is 48.4 Å². The standard InChI is InChI=1S/C38H52FN3O3/c1-23(21-42-22-28(40-41-42)24-7-9-25(39)10-8-24)26-13-18-38(33(44)45)20-19-36(5)27(32(26)38)11-12-30-35(4)16-15-31(43)34(2,3)29(35)14-17-37(30,36)6/h7-10,22,26-27,29-32,43H,1,11-21H2,2-6H3,(H,44,45)/t26-,27+,29-,30+,31-,32+,35-,36+,37+,38-/m0/s1. The molecule has 1 aromatic carbocycles. The van der Waals surface area contributed by atoms with Gasteiger partial charge in [-0.25, -0.2) is 9.07 Å². The molecule has 0 aliphatic heterocycles. The van der Waals surface area contributed by atoms with Gasteiger partial charge in [-0.1, -0.05) is 52.0 Å². The lowest BCUT2D eigenvalue weighted by atomic mass is 9.32. The quantitative estimate of drug-likeness (QED) is 0.331. The molecule has 5 fully saturated rings. The van der Waals surface area contributed by atoms with E-state index in [0.717, 1.165) is 68.9 Å². The number of benzene rings is 1. The van der Waals surface area contributed by atoms with E-state index in [0.29, 0.717) is 36.4 Å². The molecule has 0 bridgehead atoms. The lowest BCUT2D eigenvalue weighted by Crippen LogP contribution is -2.67. The number of halogens is 1. The third-order valence-electron chi connectivity index (χ3n) is 15.4. The van der Waals surface area contributed by atoms with Crippen LogP contribution in [0.1, 0.15) is 98.8 Å². The van der Waals surface area contributed by atoms with Gasteiger partial charge in [0.2, 0.25) is 0 Å². The summed E-state index contributed by atoms with van der Waals surface area (Å²) in [7, 11) is 0. The highest BCUT2D eigenvalue weighted by molar-refractivity contribution is 5.76. The van der Waals surface area contributed by atoms with Crippen LogP contribution in [0.5, 0.6) is 0 Å². The zero-order valence-corrected chi connectivity index (χ0v) is 27.9. The topological polar surface area (TPSA) is 88.2 Å². The van der Waals surface area contributed by atoms with E-state index in [1.54, 1.807) is 12.1 Å². The van der Waals surface area contributed by atoms with Crippen molar-refractivity contribution in [2.75, 3.05) is 0 Å². The van der Waals surface area contributed by atoms with E-state index >= 15 is 0 Å². The Morgan fingerprint density at radius 3 is 2.38 bits per heavy atom. The van der Waals surface area contributed by atoms with Crippen LogP contribution in [0.25, 0.3) is 11.3 Å². The van der Waals surface area contributed by atoms with Crippen LogP contribution in [-0.4, -0.2) is 37.3 Å². The minimum atomic E-state index is -0.694. The molecular formula is C38H52FN3O3. The summed E-state index contributed by atoms with van der Waals surface area (Å²) in [6.45, 7) is 17.3. The summed E-state index contributed by atoms with van der Waals surface area (Å²) in [4.78, 5) is 13.2. The molecule has 5 aliphatic rings. The second kappa shape index (κ2) is 10.2.